The molecule has 0 radical (unpaired) electrons. The first kappa shape index (κ1) is 19.1. The smallest absolute Gasteiger partial charge is 0.243 e. The minimum Gasteiger partial charge on any atom is -0.491 e. The van der Waals surface area contributed by atoms with E-state index in [0.29, 0.717) is 0 Å². The lowest BCUT2D eigenvalue weighted by molar-refractivity contribution is -0.114. The van der Waals surface area contributed by atoms with Crippen molar-refractivity contribution < 1.29 is 9.53 Å². The molecule has 1 aliphatic rings. The van der Waals surface area contributed by atoms with Gasteiger partial charge in [0.1, 0.15) is 5.75 Å². The van der Waals surface area contributed by atoms with Crippen LogP contribution in [0.15, 0.2) is 48.5 Å². The van der Waals surface area contributed by atoms with Gasteiger partial charge in [0.2, 0.25) is 5.91 Å². The predicted octanol–water partition coefficient (Wildman–Crippen LogP) is 4.51. The zero-order valence-corrected chi connectivity index (χ0v) is 16.2. The first-order valence-corrected chi connectivity index (χ1v) is 9.75. The van der Waals surface area contributed by atoms with E-state index in [-0.39, 0.29) is 18.6 Å². The zero-order chi connectivity index (χ0) is 19.1. The molecule has 27 heavy (non-hydrogen) atoms. The van der Waals surface area contributed by atoms with Crippen LogP contribution in [-0.2, 0) is 4.79 Å². The first-order chi connectivity index (χ1) is 13.1. The molecule has 1 amide bonds. The van der Waals surface area contributed by atoms with Crippen molar-refractivity contribution in [2.45, 2.75) is 39.2 Å². The van der Waals surface area contributed by atoms with Crippen LogP contribution in [0.5, 0.6) is 5.75 Å². The van der Waals surface area contributed by atoms with Crippen LogP contribution in [-0.4, -0.2) is 31.6 Å². The molecule has 0 saturated carbocycles. The third-order valence-corrected chi connectivity index (χ3v) is 4.55. The SMILES string of the molecule is CC(C)Oc1ccc(NCC(=O)Nc2ccc(N3CCCCC3)cc2)cc1. The van der Waals surface area contributed by atoms with Gasteiger partial charge < -0.3 is 20.3 Å². The Kier molecular flexibility index (Phi) is 6.58. The minimum atomic E-state index is -0.0665. The van der Waals surface area contributed by atoms with Crippen LogP contribution in [0.2, 0.25) is 0 Å². The fraction of sp³-hybridized carbons (Fsp3) is 0.409. The summed E-state index contributed by atoms with van der Waals surface area (Å²) in [5, 5.41) is 6.07. The second-order valence-electron chi connectivity index (χ2n) is 7.19. The number of anilines is 3. The average molecular weight is 367 g/mol. The fourth-order valence-electron chi connectivity index (χ4n) is 3.22. The van der Waals surface area contributed by atoms with E-state index >= 15 is 0 Å². The summed E-state index contributed by atoms with van der Waals surface area (Å²) < 4.78 is 5.62. The Morgan fingerprint density at radius 3 is 2.22 bits per heavy atom. The number of hydrogen-bond acceptors (Lipinski definition) is 4. The molecular weight excluding hydrogens is 338 g/mol. The second kappa shape index (κ2) is 9.31. The summed E-state index contributed by atoms with van der Waals surface area (Å²) >= 11 is 0. The molecule has 2 aromatic rings. The van der Waals surface area contributed by atoms with Crippen molar-refractivity contribution in [3.63, 3.8) is 0 Å². The first-order valence-electron chi connectivity index (χ1n) is 9.75. The van der Waals surface area contributed by atoms with E-state index in [1.165, 1.54) is 24.9 Å². The number of amides is 1. The van der Waals surface area contributed by atoms with Crippen molar-refractivity contribution in [3.8, 4) is 5.75 Å². The third-order valence-electron chi connectivity index (χ3n) is 4.55. The predicted molar refractivity (Wildman–Crippen MR) is 112 cm³/mol. The highest BCUT2D eigenvalue weighted by molar-refractivity contribution is 5.93. The lowest BCUT2D eigenvalue weighted by Gasteiger charge is -2.28. The van der Waals surface area contributed by atoms with E-state index in [4.69, 9.17) is 4.74 Å². The Labute approximate surface area is 161 Å². The molecule has 0 bridgehead atoms. The van der Waals surface area contributed by atoms with Gasteiger partial charge in [0.15, 0.2) is 0 Å². The molecular formula is C22H29N3O2. The van der Waals surface area contributed by atoms with Crippen molar-refractivity contribution >= 4 is 23.0 Å². The average Bonchev–Trinajstić information content (AvgIpc) is 2.68. The summed E-state index contributed by atoms with van der Waals surface area (Å²) in [6, 6.07) is 15.7. The molecule has 0 aromatic heterocycles. The highest BCUT2D eigenvalue weighted by Crippen LogP contribution is 2.22. The van der Waals surface area contributed by atoms with Gasteiger partial charge in [0.05, 0.1) is 12.6 Å². The quantitative estimate of drug-likeness (QED) is 0.756. The summed E-state index contributed by atoms with van der Waals surface area (Å²) in [5.41, 5.74) is 2.94. The molecule has 3 rings (SSSR count). The van der Waals surface area contributed by atoms with E-state index in [1.807, 2.05) is 50.2 Å². The third kappa shape index (κ3) is 5.91. The van der Waals surface area contributed by atoms with E-state index < -0.39 is 0 Å². The van der Waals surface area contributed by atoms with Crippen molar-refractivity contribution in [3.05, 3.63) is 48.5 Å². The van der Waals surface area contributed by atoms with Gasteiger partial charge in [-0.1, -0.05) is 0 Å². The Hall–Kier alpha value is -2.69. The van der Waals surface area contributed by atoms with Gasteiger partial charge in [0, 0.05) is 30.2 Å². The summed E-state index contributed by atoms with van der Waals surface area (Å²) in [6.45, 7) is 6.46. The maximum absolute atomic E-state index is 12.2. The van der Waals surface area contributed by atoms with Crippen LogP contribution in [0, 0.1) is 0 Å². The summed E-state index contributed by atoms with van der Waals surface area (Å²) in [4.78, 5) is 14.6. The normalized spacial score (nSPS) is 14.1. The van der Waals surface area contributed by atoms with Crippen LogP contribution >= 0.6 is 0 Å². The molecule has 0 spiro atoms. The largest absolute Gasteiger partial charge is 0.491 e. The number of ether oxygens (including phenoxy) is 1. The summed E-state index contributed by atoms with van der Waals surface area (Å²) in [5.74, 6) is 0.761. The molecule has 0 atom stereocenters. The van der Waals surface area contributed by atoms with Crippen LogP contribution in [0.1, 0.15) is 33.1 Å². The Morgan fingerprint density at radius 2 is 1.59 bits per heavy atom. The Bertz CT molecular complexity index is 720. The molecule has 1 saturated heterocycles. The van der Waals surface area contributed by atoms with Gasteiger partial charge in [-0.3, -0.25) is 4.79 Å². The van der Waals surface area contributed by atoms with Crippen LogP contribution in [0.3, 0.4) is 0 Å². The van der Waals surface area contributed by atoms with E-state index in [9.17, 15) is 4.79 Å². The van der Waals surface area contributed by atoms with E-state index in [1.54, 1.807) is 0 Å². The number of nitrogens with zero attached hydrogens (tertiary/aromatic N) is 1. The van der Waals surface area contributed by atoms with Crippen LogP contribution < -0.4 is 20.3 Å². The van der Waals surface area contributed by atoms with E-state index in [0.717, 1.165) is 30.2 Å². The van der Waals surface area contributed by atoms with Crippen LogP contribution in [0.25, 0.3) is 0 Å². The zero-order valence-electron chi connectivity index (χ0n) is 16.2. The number of piperidine rings is 1. The Balaban J connectivity index is 1.46. The van der Waals surface area contributed by atoms with Crippen molar-refractivity contribution in [1.82, 2.24) is 0 Å². The number of benzene rings is 2. The number of rotatable bonds is 7. The molecule has 1 heterocycles. The summed E-state index contributed by atoms with van der Waals surface area (Å²) in [7, 11) is 0. The highest BCUT2D eigenvalue weighted by atomic mass is 16.5. The topological polar surface area (TPSA) is 53.6 Å². The lowest BCUT2D eigenvalue weighted by Crippen LogP contribution is -2.29. The highest BCUT2D eigenvalue weighted by Gasteiger charge is 2.11. The standard InChI is InChI=1S/C22H29N3O2/c1-17(2)27-21-12-8-18(9-13-21)23-16-22(26)24-19-6-10-20(11-7-19)25-14-4-3-5-15-25/h6-13,17,23H,3-5,14-16H2,1-2H3,(H,24,26). The maximum Gasteiger partial charge on any atom is 0.243 e. The Morgan fingerprint density at radius 1 is 0.963 bits per heavy atom. The molecule has 1 fully saturated rings. The number of nitrogens with one attached hydrogen (secondary N) is 2. The molecule has 5 nitrogen and oxygen atoms in total. The lowest BCUT2D eigenvalue weighted by atomic mass is 10.1. The van der Waals surface area contributed by atoms with Gasteiger partial charge in [-0.05, 0) is 81.6 Å². The monoisotopic (exact) mass is 367 g/mol. The molecule has 1 aliphatic heterocycles. The summed E-state index contributed by atoms with van der Waals surface area (Å²) in [6.07, 6.45) is 3.99. The molecule has 2 aromatic carbocycles. The van der Waals surface area contributed by atoms with Gasteiger partial charge in [0.25, 0.3) is 0 Å². The van der Waals surface area contributed by atoms with Gasteiger partial charge in [-0.2, -0.15) is 0 Å². The maximum atomic E-state index is 12.2. The fourth-order valence-corrected chi connectivity index (χ4v) is 3.22. The van der Waals surface area contributed by atoms with Gasteiger partial charge in [-0.25, -0.2) is 0 Å². The molecule has 5 heteroatoms. The number of hydrogen-bond donors (Lipinski definition) is 2. The van der Waals surface area contributed by atoms with Crippen molar-refractivity contribution in [2.75, 3.05) is 35.2 Å². The van der Waals surface area contributed by atoms with Gasteiger partial charge >= 0.3 is 0 Å². The second-order valence-corrected chi connectivity index (χ2v) is 7.19. The molecule has 144 valence electrons. The van der Waals surface area contributed by atoms with Crippen molar-refractivity contribution in [1.29, 1.82) is 0 Å². The van der Waals surface area contributed by atoms with Crippen molar-refractivity contribution in [2.24, 2.45) is 0 Å². The van der Waals surface area contributed by atoms with Gasteiger partial charge in [-0.15, -0.1) is 0 Å². The van der Waals surface area contributed by atoms with Crippen LogP contribution in [0.4, 0.5) is 17.1 Å². The number of carbonyl (C=O) groups excluding carboxylic acids is 1. The molecule has 0 unspecified atom stereocenters. The molecule has 0 aliphatic carbocycles. The number of carbonyl (C=O) groups is 1. The minimum absolute atomic E-state index is 0.0665. The van der Waals surface area contributed by atoms with E-state index in [2.05, 4.69) is 27.7 Å². The molecule has 2 N–H and O–H groups in total.